The molecule has 0 saturated carbocycles. The molecule has 0 radical (unpaired) electrons. The van der Waals surface area contributed by atoms with Crippen LogP contribution in [0, 0.1) is 13.8 Å². The Labute approximate surface area is 195 Å². The molecule has 0 aliphatic carbocycles. The smallest absolute Gasteiger partial charge is 0.123 e. The molecule has 1 aliphatic heterocycles. The van der Waals surface area contributed by atoms with E-state index in [0.717, 1.165) is 47.9 Å². The summed E-state index contributed by atoms with van der Waals surface area (Å²) in [5, 5.41) is 0. The third-order valence-corrected chi connectivity index (χ3v) is 6.30. The maximum absolute atomic E-state index is 6.33. The van der Waals surface area contributed by atoms with E-state index in [1.807, 2.05) is 20.0 Å². The van der Waals surface area contributed by atoms with Gasteiger partial charge in [0.2, 0.25) is 0 Å². The lowest BCUT2D eigenvalue weighted by Gasteiger charge is -2.36. The number of aryl methyl sites for hydroxylation is 2. The summed E-state index contributed by atoms with van der Waals surface area (Å²) in [5.74, 6) is 0.963. The summed E-state index contributed by atoms with van der Waals surface area (Å²) in [6, 6.07) is 27.9. The molecular weight excluding hydrogens is 406 g/mol. The molecule has 0 saturated heterocycles. The van der Waals surface area contributed by atoms with Crippen LogP contribution >= 0.6 is 0 Å². The van der Waals surface area contributed by atoms with Crippen LogP contribution in [0.15, 0.2) is 85.1 Å². The maximum Gasteiger partial charge on any atom is 0.123 e. The first kappa shape index (κ1) is 21.4. The predicted molar refractivity (Wildman–Crippen MR) is 132 cm³/mol. The monoisotopic (exact) mass is 435 g/mol. The Morgan fingerprint density at radius 3 is 2.15 bits per heavy atom. The lowest BCUT2D eigenvalue weighted by Crippen LogP contribution is -2.42. The zero-order chi connectivity index (χ0) is 22.6. The fraction of sp³-hybridized carbons (Fsp3) is 0.241. The maximum atomic E-state index is 6.33. The SMILES string of the molecule is Cc1cnc(-c2cccc3c2CC(N(Cc2ccccc2)Cc2ccccc2)CO3)c(C)n1. The summed E-state index contributed by atoms with van der Waals surface area (Å²) in [6.07, 6.45) is 2.76. The topological polar surface area (TPSA) is 38.2 Å². The quantitative estimate of drug-likeness (QED) is 0.386. The highest BCUT2D eigenvalue weighted by Crippen LogP contribution is 2.36. The molecule has 2 heterocycles. The number of rotatable bonds is 6. The van der Waals surface area contributed by atoms with Gasteiger partial charge in [-0.1, -0.05) is 72.8 Å². The standard InChI is InChI=1S/C29H29N3O/c1-21-17-30-29(22(2)31-21)26-14-9-15-28-27(26)16-25(20-33-28)32(18-23-10-5-3-6-11-23)19-24-12-7-4-8-13-24/h3-15,17,25H,16,18-20H2,1-2H3. The van der Waals surface area contributed by atoms with Crippen LogP contribution in [0.1, 0.15) is 28.1 Å². The van der Waals surface area contributed by atoms with Gasteiger partial charge in [0, 0.05) is 36.5 Å². The van der Waals surface area contributed by atoms with Crippen molar-refractivity contribution in [3.63, 3.8) is 0 Å². The Morgan fingerprint density at radius 1 is 0.848 bits per heavy atom. The Bertz CT molecular complexity index is 1180. The number of benzene rings is 3. The van der Waals surface area contributed by atoms with Crippen molar-refractivity contribution in [1.29, 1.82) is 0 Å². The molecule has 0 amide bonds. The molecule has 0 N–H and O–H groups in total. The largest absolute Gasteiger partial charge is 0.492 e. The van der Waals surface area contributed by atoms with Gasteiger partial charge in [-0.2, -0.15) is 0 Å². The van der Waals surface area contributed by atoms with Crippen LogP contribution in [-0.2, 0) is 19.5 Å². The zero-order valence-electron chi connectivity index (χ0n) is 19.2. The molecular formula is C29H29N3O. The van der Waals surface area contributed by atoms with Gasteiger partial charge >= 0.3 is 0 Å². The van der Waals surface area contributed by atoms with Crippen LogP contribution in [0.25, 0.3) is 11.3 Å². The van der Waals surface area contributed by atoms with Gasteiger partial charge in [-0.25, -0.2) is 0 Å². The third-order valence-electron chi connectivity index (χ3n) is 6.30. The number of hydrogen-bond acceptors (Lipinski definition) is 4. The number of nitrogens with zero attached hydrogens (tertiary/aromatic N) is 3. The van der Waals surface area contributed by atoms with E-state index >= 15 is 0 Å². The van der Waals surface area contributed by atoms with Crippen molar-refractivity contribution in [1.82, 2.24) is 14.9 Å². The van der Waals surface area contributed by atoms with E-state index in [4.69, 9.17) is 9.72 Å². The van der Waals surface area contributed by atoms with Crippen LogP contribution in [0.5, 0.6) is 5.75 Å². The molecule has 1 aliphatic rings. The molecule has 33 heavy (non-hydrogen) atoms. The highest BCUT2D eigenvalue weighted by molar-refractivity contribution is 5.69. The highest BCUT2D eigenvalue weighted by atomic mass is 16.5. The highest BCUT2D eigenvalue weighted by Gasteiger charge is 2.28. The summed E-state index contributed by atoms with van der Waals surface area (Å²) >= 11 is 0. The van der Waals surface area contributed by atoms with Crippen molar-refractivity contribution in [2.75, 3.05) is 6.61 Å². The van der Waals surface area contributed by atoms with Gasteiger partial charge in [-0.15, -0.1) is 0 Å². The van der Waals surface area contributed by atoms with Gasteiger partial charge in [0.1, 0.15) is 12.4 Å². The van der Waals surface area contributed by atoms with Gasteiger partial charge in [-0.3, -0.25) is 14.9 Å². The number of aromatic nitrogens is 2. The van der Waals surface area contributed by atoms with Gasteiger partial charge in [0.15, 0.2) is 0 Å². The Kier molecular flexibility index (Phi) is 6.18. The lowest BCUT2D eigenvalue weighted by molar-refractivity contribution is 0.106. The second-order valence-corrected chi connectivity index (χ2v) is 8.77. The molecule has 1 unspecified atom stereocenters. The normalized spacial score (nSPS) is 15.2. The van der Waals surface area contributed by atoms with Crippen molar-refractivity contribution < 1.29 is 4.74 Å². The number of fused-ring (bicyclic) bond motifs is 1. The van der Waals surface area contributed by atoms with Crippen LogP contribution < -0.4 is 4.74 Å². The van der Waals surface area contributed by atoms with Gasteiger partial charge in [-0.05, 0) is 37.5 Å². The van der Waals surface area contributed by atoms with Crippen molar-refractivity contribution in [3.05, 3.63) is 113 Å². The van der Waals surface area contributed by atoms with Crippen LogP contribution in [0.2, 0.25) is 0 Å². The lowest BCUT2D eigenvalue weighted by atomic mass is 9.93. The molecule has 3 aromatic carbocycles. The molecule has 5 rings (SSSR count). The summed E-state index contributed by atoms with van der Waals surface area (Å²) in [5.41, 5.74) is 7.81. The Morgan fingerprint density at radius 2 is 1.52 bits per heavy atom. The number of ether oxygens (including phenoxy) is 1. The van der Waals surface area contributed by atoms with E-state index < -0.39 is 0 Å². The molecule has 4 aromatic rings. The van der Waals surface area contributed by atoms with E-state index in [1.54, 1.807) is 0 Å². The van der Waals surface area contributed by atoms with E-state index in [-0.39, 0.29) is 6.04 Å². The molecule has 0 spiro atoms. The molecule has 0 bridgehead atoms. The first-order valence-corrected chi connectivity index (χ1v) is 11.5. The zero-order valence-corrected chi connectivity index (χ0v) is 19.2. The van der Waals surface area contributed by atoms with Gasteiger partial charge in [0.05, 0.1) is 17.1 Å². The molecule has 166 valence electrons. The summed E-state index contributed by atoms with van der Waals surface area (Å²) in [6.45, 7) is 6.45. The van der Waals surface area contributed by atoms with Crippen molar-refractivity contribution >= 4 is 0 Å². The minimum atomic E-state index is 0.262. The minimum Gasteiger partial charge on any atom is -0.492 e. The molecule has 4 nitrogen and oxygen atoms in total. The fourth-order valence-electron chi connectivity index (χ4n) is 4.66. The van der Waals surface area contributed by atoms with E-state index in [2.05, 4.69) is 88.7 Å². The average Bonchev–Trinajstić information content (AvgIpc) is 2.84. The molecule has 1 atom stereocenters. The van der Waals surface area contributed by atoms with E-state index in [1.165, 1.54) is 16.7 Å². The average molecular weight is 436 g/mol. The van der Waals surface area contributed by atoms with Gasteiger partial charge < -0.3 is 4.74 Å². The van der Waals surface area contributed by atoms with Crippen molar-refractivity contribution in [2.24, 2.45) is 0 Å². The third kappa shape index (κ3) is 4.81. The molecule has 0 fully saturated rings. The van der Waals surface area contributed by atoms with Gasteiger partial charge in [0.25, 0.3) is 0 Å². The van der Waals surface area contributed by atoms with E-state index in [0.29, 0.717) is 6.61 Å². The molecule has 1 aromatic heterocycles. The van der Waals surface area contributed by atoms with Crippen molar-refractivity contribution in [2.45, 2.75) is 39.4 Å². The van der Waals surface area contributed by atoms with E-state index in [9.17, 15) is 0 Å². The fourth-order valence-corrected chi connectivity index (χ4v) is 4.66. The van der Waals surface area contributed by atoms with Crippen LogP contribution in [-0.4, -0.2) is 27.5 Å². The first-order valence-electron chi connectivity index (χ1n) is 11.5. The van der Waals surface area contributed by atoms with Crippen molar-refractivity contribution in [3.8, 4) is 17.0 Å². The summed E-state index contributed by atoms with van der Waals surface area (Å²) in [7, 11) is 0. The number of hydrogen-bond donors (Lipinski definition) is 0. The summed E-state index contributed by atoms with van der Waals surface area (Å²) in [4.78, 5) is 11.9. The second-order valence-electron chi connectivity index (χ2n) is 8.77. The predicted octanol–water partition coefficient (Wildman–Crippen LogP) is 5.77. The first-order chi connectivity index (χ1) is 16.2. The van der Waals surface area contributed by atoms with Crippen LogP contribution in [0.4, 0.5) is 0 Å². The minimum absolute atomic E-state index is 0.262. The Balaban J connectivity index is 1.48. The van der Waals surface area contributed by atoms with Crippen LogP contribution in [0.3, 0.4) is 0 Å². The summed E-state index contributed by atoms with van der Waals surface area (Å²) < 4.78 is 6.33. The second kappa shape index (κ2) is 9.55. The Hall–Kier alpha value is -3.50. The molecule has 4 heteroatoms.